The lowest BCUT2D eigenvalue weighted by molar-refractivity contribution is -0.156. The fourth-order valence-corrected chi connectivity index (χ4v) is 2.82. The fourth-order valence-electron chi connectivity index (χ4n) is 2.82. The van der Waals surface area contributed by atoms with E-state index in [1.54, 1.807) is 0 Å². The first-order valence-electron chi connectivity index (χ1n) is 7.88. The molecule has 1 aromatic rings. The third kappa shape index (κ3) is 5.16. The van der Waals surface area contributed by atoms with E-state index in [2.05, 4.69) is 39.0 Å². The molecule has 0 radical (unpaired) electrons. The number of hydrogen-bond donors (Lipinski definition) is 0. The van der Waals surface area contributed by atoms with Crippen molar-refractivity contribution in [2.45, 2.75) is 59.2 Å². The van der Waals surface area contributed by atoms with Crippen molar-refractivity contribution in [3.05, 3.63) is 34.9 Å². The zero-order valence-electron chi connectivity index (χ0n) is 13.4. The molecule has 3 heteroatoms. The summed E-state index contributed by atoms with van der Waals surface area (Å²) in [7, 11) is 0. The van der Waals surface area contributed by atoms with Crippen LogP contribution in [0.1, 0.15) is 49.3 Å². The van der Waals surface area contributed by atoms with Crippen LogP contribution in [0.4, 0.5) is 0 Å². The maximum Gasteiger partial charge on any atom is 0.332 e. The Labute approximate surface area is 127 Å². The summed E-state index contributed by atoms with van der Waals surface area (Å²) in [6.07, 6.45) is 4.38. The second kappa shape index (κ2) is 7.60. The van der Waals surface area contributed by atoms with Gasteiger partial charge in [0.05, 0.1) is 6.61 Å². The fraction of sp³-hybridized carbons (Fsp3) is 0.611. The van der Waals surface area contributed by atoms with Crippen molar-refractivity contribution in [3.63, 3.8) is 0 Å². The summed E-state index contributed by atoms with van der Waals surface area (Å²) in [5.41, 5.74) is 3.56. The van der Waals surface area contributed by atoms with Gasteiger partial charge in [0.2, 0.25) is 0 Å². The SMILES string of the molecule is Cc1ccc(COCC(=O)OC2CCC(C)CC2)c(C)c1. The van der Waals surface area contributed by atoms with E-state index in [1.165, 1.54) is 11.1 Å². The highest BCUT2D eigenvalue weighted by Crippen LogP contribution is 2.25. The van der Waals surface area contributed by atoms with Crippen LogP contribution in [-0.4, -0.2) is 18.7 Å². The van der Waals surface area contributed by atoms with Crippen molar-refractivity contribution >= 4 is 5.97 Å². The van der Waals surface area contributed by atoms with Gasteiger partial charge in [-0.25, -0.2) is 4.79 Å². The molecule has 1 fully saturated rings. The molecule has 116 valence electrons. The molecule has 3 nitrogen and oxygen atoms in total. The van der Waals surface area contributed by atoms with Crippen LogP contribution in [-0.2, 0) is 20.9 Å². The van der Waals surface area contributed by atoms with Crippen molar-refractivity contribution in [1.82, 2.24) is 0 Å². The van der Waals surface area contributed by atoms with Gasteiger partial charge in [0, 0.05) is 0 Å². The topological polar surface area (TPSA) is 35.5 Å². The second-order valence-electron chi connectivity index (χ2n) is 6.29. The van der Waals surface area contributed by atoms with Crippen LogP contribution in [0, 0.1) is 19.8 Å². The Hall–Kier alpha value is -1.35. The summed E-state index contributed by atoms with van der Waals surface area (Å²) in [4.78, 5) is 11.8. The van der Waals surface area contributed by atoms with E-state index in [4.69, 9.17) is 9.47 Å². The van der Waals surface area contributed by atoms with Crippen molar-refractivity contribution in [1.29, 1.82) is 0 Å². The van der Waals surface area contributed by atoms with E-state index < -0.39 is 0 Å². The smallest absolute Gasteiger partial charge is 0.332 e. The molecule has 0 amide bonds. The minimum Gasteiger partial charge on any atom is -0.461 e. The molecule has 0 aliphatic heterocycles. The van der Waals surface area contributed by atoms with Crippen molar-refractivity contribution in [3.8, 4) is 0 Å². The van der Waals surface area contributed by atoms with E-state index in [0.29, 0.717) is 6.61 Å². The van der Waals surface area contributed by atoms with Gasteiger partial charge >= 0.3 is 5.97 Å². The van der Waals surface area contributed by atoms with Crippen molar-refractivity contribution < 1.29 is 14.3 Å². The monoisotopic (exact) mass is 290 g/mol. The maximum absolute atomic E-state index is 11.8. The van der Waals surface area contributed by atoms with Gasteiger partial charge in [-0.3, -0.25) is 0 Å². The largest absolute Gasteiger partial charge is 0.461 e. The van der Waals surface area contributed by atoms with E-state index in [0.717, 1.165) is 37.2 Å². The van der Waals surface area contributed by atoms with Crippen LogP contribution in [0.15, 0.2) is 18.2 Å². The second-order valence-corrected chi connectivity index (χ2v) is 6.29. The first-order chi connectivity index (χ1) is 10.0. The summed E-state index contributed by atoms with van der Waals surface area (Å²) in [6.45, 7) is 6.89. The Morgan fingerprint density at radius 2 is 1.90 bits per heavy atom. The molecule has 1 aliphatic rings. The zero-order valence-corrected chi connectivity index (χ0v) is 13.4. The summed E-state index contributed by atoms with van der Waals surface area (Å²) >= 11 is 0. The van der Waals surface area contributed by atoms with Gasteiger partial charge in [0.15, 0.2) is 0 Å². The van der Waals surface area contributed by atoms with Gasteiger partial charge in [-0.15, -0.1) is 0 Å². The van der Waals surface area contributed by atoms with Crippen LogP contribution in [0.25, 0.3) is 0 Å². The summed E-state index contributed by atoms with van der Waals surface area (Å²) < 4.78 is 11.0. The molecule has 0 atom stereocenters. The van der Waals surface area contributed by atoms with Crippen LogP contribution in [0.5, 0.6) is 0 Å². The van der Waals surface area contributed by atoms with Crippen LogP contribution in [0.2, 0.25) is 0 Å². The molecule has 0 N–H and O–H groups in total. The standard InChI is InChI=1S/C18H26O3/c1-13-5-8-17(9-6-13)21-18(19)12-20-11-16-7-4-14(2)10-15(16)3/h4,7,10,13,17H,5-6,8-9,11-12H2,1-3H3. The Balaban J connectivity index is 1.69. The Kier molecular flexibility index (Phi) is 5.80. The van der Waals surface area contributed by atoms with Gasteiger partial charge in [0.25, 0.3) is 0 Å². The molecule has 0 heterocycles. The third-order valence-corrected chi connectivity index (χ3v) is 4.24. The molecule has 0 spiro atoms. The normalized spacial score (nSPS) is 22.0. The van der Waals surface area contributed by atoms with Crippen LogP contribution in [0.3, 0.4) is 0 Å². The van der Waals surface area contributed by atoms with E-state index in [9.17, 15) is 4.79 Å². The number of rotatable bonds is 5. The van der Waals surface area contributed by atoms with Crippen LogP contribution >= 0.6 is 0 Å². The Bertz CT molecular complexity index is 473. The van der Waals surface area contributed by atoms with Gasteiger partial charge in [-0.2, -0.15) is 0 Å². The lowest BCUT2D eigenvalue weighted by Gasteiger charge is -2.25. The van der Waals surface area contributed by atoms with Gasteiger partial charge in [0.1, 0.15) is 12.7 Å². The highest BCUT2D eigenvalue weighted by molar-refractivity contribution is 5.70. The Morgan fingerprint density at radius 1 is 1.19 bits per heavy atom. The molecule has 21 heavy (non-hydrogen) atoms. The quantitative estimate of drug-likeness (QED) is 0.770. The molecular weight excluding hydrogens is 264 g/mol. The molecule has 1 aliphatic carbocycles. The van der Waals surface area contributed by atoms with Gasteiger partial charge in [-0.1, -0.05) is 30.7 Å². The van der Waals surface area contributed by atoms with Crippen LogP contribution < -0.4 is 0 Å². The molecule has 0 saturated heterocycles. The molecule has 2 rings (SSSR count). The number of benzene rings is 1. The minimum atomic E-state index is -0.237. The predicted molar refractivity (Wildman–Crippen MR) is 83.1 cm³/mol. The molecular formula is C18H26O3. The number of carbonyl (C=O) groups is 1. The average molecular weight is 290 g/mol. The van der Waals surface area contributed by atoms with E-state index in [1.807, 2.05) is 0 Å². The predicted octanol–water partition coefficient (Wildman–Crippen LogP) is 3.94. The molecule has 0 aromatic heterocycles. The Morgan fingerprint density at radius 3 is 2.57 bits per heavy atom. The summed E-state index contributed by atoms with van der Waals surface area (Å²) in [5, 5.41) is 0. The first-order valence-corrected chi connectivity index (χ1v) is 7.88. The third-order valence-electron chi connectivity index (χ3n) is 4.24. The van der Waals surface area contributed by atoms with Crippen molar-refractivity contribution in [2.75, 3.05) is 6.61 Å². The molecule has 0 unspecified atom stereocenters. The lowest BCUT2D eigenvalue weighted by atomic mass is 9.89. The highest BCUT2D eigenvalue weighted by atomic mass is 16.6. The molecule has 1 aromatic carbocycles. The van der Waals surface area contributed by atoms with E-state index in [-0.39, 0.29) is 18.7 Å². The lowest BCUT2D eigenvalue weighted by Crippen LogP contribution is -2.25. The highest BCUT2D eigenvalue weighted by Gasteiger charge is 2.21. The molecule has 0 bridgehead atoms. The van der Waals surface area contributed by atoms with E-state index >= 15 is 0 Å². The first kappa shape index (κ1) is 16.0. The molecule has 1 saturated carbocycles. The van der Waals surface area contributed by atoms with Gasteiger partial charge in [-0.05, 0) is 56.6 Å². The zero-order chi connectivity index (χ0) is 15.2. The number of esters is 1. The number of hydrogen-bond acceptors (Lipinski definition) is 3. The summed E-state index contributed by atoms with van der Waals surface area (Å²) in [6, 6.07) is 6.24. The average Bonchev–Trinajstić information content (AvgIpc) is 2.44. The van der Waals surface area contributed by atoms with Crippen molar-refractivity contribution in [2.24, 2.45) is 5.92 Å². The number of aryl methyl sites for hydroxylation is 2. The van der Waals surface area contributed by atoms with Gasteiger partial charge < -0.3 is 9.47 Å². The maximum atomic E-state index is 11.8. The summed E-state index contributed by atoms with van der Waals surface area (Å²) in [5.74, 6) is 0.528. The number of ether oxygens (including phenoxy) is 2. The number of carbonyl (C=O) groups excluding carboxylic acids is 1. The minimum absolute atomic E-state index is 0.0410.